The number of aromatic nitrogens is 3. The Hall–Kier alpha value is -1.50. The second-order valence-corrected chi connectivity index (χ2v) is 8.34. The first-order valence-electron chi connectivity index (χ1n) is 9.55. The van der Waals surface area contributed by atoms with Crippen LogP contribution in [0, 0.1) is 0 Å². The minimum Gasteiger partial charge on any atom is -0.298 e. The molecule has 2 aromatic rings. The number of nitrogens with zero attached hydrogens (tertiary/aromatic N) is 5. The van der Waals surface area contributed by atoms with Crippen LogP contribution in [-0.2, 0) is 13.1 Å². The Labute approximate surface area is 161 Å². The van der Waals surface area contributed by atoms with Crippen molar-refractivity contribution >= 4 is 11.8 Å². The van der Waals surface area contributed by atoms with Crippen molar-refractivity contribution in [3.63, 3.8) is 0 Å². The Balaban J connectivity index is 1.48. The van der Waals surface area contributed by atoms with E-state index in [-0.39, 0.29) is 0 Å². The molecule has 0 unspecified atom stereocenters. The fourth-order valence-corrected chi connectivity index (χ4v) is 3.82. The highest BCUT2D eigenvalue weighted by atomic mass is 32.2. The number of thioether (sulfide) groups is 1. The van der Waals surface area contributed by atoms with Gasteiger partial charge in [-0.05, 0) is 38.1 Å². The standard InChI is InChI=1S/C20H29N5S/c1-3-17(2)26-20-22-13-18(14-23-20)15-24-9-6-10-25(12-11-24)16-19-7-4-5-8-21-19/h4-5,7-8,13-14,17H,3,6,9-12,15-16H2,1-2H3/t17-/m0/s1. The Morgan fingerprint density at radius 3 is 2.38 bits per heavy atom. The van der Waals surface area contributed by atoms with Crippen molar-refractivity contribution in [3.8, 4) is 0 Å². The predicted molar refractivity (Wildman–Crippen MR) is 107 cm³/mol. The van der Waals surface area contributed by atoms with Crippen molar-refractivity contribution in [3.05, 3.63) is 48.0 Å². The Morgan fingerprint density at radius 2 is 1.73 bits per heavy atom. The van der Waals surface area contributed by atoms with Crippen molar-refractivity contribution < 1.29 is 0 Å². The molecule has 0 bridgehead atoms. The maximum atomic E-state index is 4.53. The molecule has 0 radical (unpaired) electrons. The molecule has 5 nitrogen and oxygen atoms in total. The van der Waals surface area contributed by atoms with E-state index < -0.39 is 0 Å². The zero-order valence-corrected chi connectivity index (χ0v) is 16.7. The molecule has 1 aliphatic rings. The van der Waals surface area contributed by atoms with E-state index in [9.17, 15) is 0 Å². The number of hydrogen-bond acceptors (Lipinski definition) is 6. The molecule has 6 heteroatoms. The van der Waals surface area contributed by atoms with Crippen LogP contribution in [0.4, 0.5) is 0 Å². The van der Waals surface area contributed by atoms with E-state index in [1.54, 1.807) is 11.8 Å². The smallest absolute Gasteiger partial charge is 0.187 e. The van der Waals surface area contributed by atoms with Crippen LogP contribution in [0.3, 0.4) is 0 Å². The van der Waals surface area contributed by atoms with Gasteiger partial charge in [0, 0.05) is 55.6 Å². The summed E-state index contributed by atoms with van der Waals surface area (Å²) in [5.74, 6) is 0. The first-order valence-corrected chi connectivity index (χ1v) is 10.4. The fourth-order valence-electron chi connectivity index (χ4n) is 3.07. The maximum Gasteiger partial charge on any atom is 0.187 e. The Bertz CT molecular complexity index is 649. The molecule has 0 aliphatic carbocycles. The molecule has 1 aliphatic heterocycles. The lowest BCUT2D eigenvalue weighted by molar-refractivity contribution is 0.245. The molecule has 0 aromatic carbocycles. The maximum absolute atomic E-state index is 4.53. The first kappa shape index (κ1) is 19.3. The van der Waals surface area contributed by atoms with E-state index in [1.165, 1.54) is 12.0 Å². The quantitative estimate of drug-likeness (QED) is 0.548. The lowest BCUT2D eigenvalue weighted by Gasteiger charge is -2.21. The van der Waals surface area contributed by atoms with E-state index in [0.29, 0.717) is 5.25 Å². The van der Waals surface area contributed by atoms with Gasteiger partial charge in [0.1, 0.15) is 0 Å². The normalized spacial score (nSPS) is 17.8. The zero-order chi connectivity index (χ0) is 18.2. The topological polar surface area (TPSA) is 45.2 Å². The second kappa shape index (κ2) is 10.00. The van der Waals surface area contributed by atoms with Crippen molar-refractivity contribution in [2.45, 2.75) is 50.2 Å². The highest BCUT2D eigenvalue weighted by Gasteiger charge is 2.16. The highest BCUT2D eigenvalue weighted by molar-refractivity contribution is 7.99. The van der Waals surface area contributed by atoms with Gasteiger partial charge in [0.05, 0.1) is 5.69 Å². The average Bonchev–Trinajstić information content (AvgIpc) is 2.89. The molecule has 140 valence electrons. The van der Waals surface area contributed by atoms with Gasteiger partial charge in [-0.15, -0.1) is 0 Å². The third kappa shape index (κ3) is 6.04. The predicted octanol–water partition coefficient (Wildman–Crippen LogP) is 3.47. The van der Waals surface area contributed by atoms with Crippen molar-refractivity contribution in [1.82, 2.24) is 24.8 Å². The summed E-state index contributed by atoms with van der Waals surface area (Å²) in [5, 5.41) is 1.46. The van der Waals surface area contributed by atoms with Crippen LogP contribution in [-0.4, -0.2) is 56.2 Å². The lowest BCUT2D eigenvalue weighted by atomic mass is 10.3. The van der Waals surface area contributed by atoms with Crippen LogP contribution in [0.25, 0.3) is 0 Å². The zero-order valence-electron chi connectivity index (χ0n) is 15.8. The molecular weight excluding hydrogens is 342 g/mol. The summed E-state index contributed by atoms with van der Waals surface area (Å²) in [7, 11) is 0. The third-order valence-corrected chi connectivity index (χ3v) is 5.92. The summed E-state index contributed by atoms with van der Waals surface area (Å²) < 4.78 is 0. The molecule has 3 rings (SSSR count). The minimum atomic E-state index is 0.566. The molecule has 3 heterocycles. The van der Waals surface area contributed by atoms with E-state index >= 15 is 0 Å². The first-order chi connectivity index (χ1) is 12.7. The summed E-state index contributed by atoms with van der Waals surface area (Å²) in [6.07, 6.45) is 8.19. The van der Waals surface area contributed by atoms with Gasteiger partial charge in [-0.1, -0.05) is 31.7 Å². The molecule has 0 spiro atoms. The van der Waals surface area contributed by atoms with Gasteiger partial charge >= 0.3 is 0 Å². The van der Waals surface area contributed by atoms with Gasteiger partial charge in [-0.3, -0.25) is 14.8 Å². The molecule has 1 atom stereocenters. The van der Waals surface area contributed by atoms with Gasteiger partial charge in [0.2, 0.25) is 0 Å². The van der Waals surface area contributed by atoms with E-state index in [0.717, 1.165) is 56.5 Å². The Morgan fingerprint density at radius 1 is 1.00 bits per heavy atom. The summed E-state index contributed by atoms with van der Waals surface area (Å²) in [4.78, 5) is 18.5. The molecule has 2 aromatic heterocycles. The number of rotatable bonds is 7. The summed E-state index contributed by atoms with van der Waals surface area (Å²) >= 11 is 1.75. The van der Waals surface area contributed by atoms with E-state index in [1.807, 2.05) is 24.7 Å². The SMILES string of the molecule is CC[C@H](C)Sc1ncc(CN2CCCN(Cc3ccccn3)CC2)cn1. The minimum absolute atomic E-state index is 0.566. The van der Waals surface area contributed by atoms with Gasteiger partial charge in [-0.25, -0.2) is 9.97 Å². The molecular formula is C20H29N5S. The number of pyridine rings is 1. The van der Waals surface area contributed by atoms with E-state index in [2.05, 4.69) is 50.7 Å². The largest absolute Gasteiger partial charge is 0.298 e. The summed E-state index contributed by atoms with van der Waals surface area (Å²) in [6, 6.07) is 6.15. The van der Waals surface area contributed by atoms with Crippen LogP contribution in [0.5, 0.6) is 0 Å². The van der Waals surface area contributed by atoms with Crippen LogP contribution in [0.15, 0.2) is 41.9 Å². The van der Waals surface area contributed by atoms with Gasteiger partial charge < -0.3 is 0 Å². The van der Waals surface area contributed by atoms with Crippen molar-refractivity contribution in [1.29, 1.82) is 0 Å². The van der Waals surface area contributed by atoms with Gasteiger partial charge in [0.25, 0.3) is 0 Å². The summed E-state index contributed by atoms with van der Waals surface area (Å²) in [6.45, 7) is 10.7. The fraction of sp³-hybridized carbons (Fsp3) is 0.550. The van der Waals surface area contributed by atoms with Crippen LogP contribution >= 0.6 is 11.8 Å². The van der Waals surface area contributed by atoms with Crippen LogP contribution in [0.2, 0.25) is 0 Å². The molecule has 1 fully saturated rings. The average molecular weight is 372 g/mol. The second-order valence-electron chi connectivity index (χ2n) is 6.94. The van der Waals surface area contributed by atoms with E-state index in [4.69, 9.17) is 0 Å². The third-order valence-electron chi connectivity index (χ3n) is 4.76. The van der Waals surface area contributed by atoms with Crippen molar-refractivity contribution in [2.75, 3.05) is 26.2 Å². The molecule has 0 saturated carbocycles. The number of hydrogen-bond donors (Lipinski definition) is 0. The molecule has 26 heavy (non-hydrogen) atoms. The van der Waals surface area contributed by atoms with Crippen molar-refractivity contribution in [2.24, 2.45) is 0 Å². The molecule has 0 N–H and O–H groups in total. The van der Waals surface area contributed by atoms with Crippen LogP contribution in [0.1, 0.15) is 37.9 Å². The highest BCUT2D eigenvalue weighted by Crippen LogP contribution is 2.21. The summed E-state index contributed by atoms with van der Waals surface area (Å²) in [5.41, 5.74) is 2.36. The van der Waals surface area contributed by atoms with Gasteiger partial charge in [0.15, 0.2) is 5.16 Å². The van der Waals surface area contributed by atoms with Gasteiger partial charge in [-0.2, -0.15) is 0 Å². The van der Waals surface area contributed by atoms with Crippen LogP contribution < -0.4 is 0 Å². The molecule has 1 saturated heterocycles. The monoisotopic (exact) mass is 371 g/mol. The Kier molecular flexibility index (Phi) is 7.41. The molecule has 0 amide bonds. The lowest BCUT2D eigenvalue weighted by Crippen LogP contribution is -2.30.